The average Bonchev–Trinajstić information content (AvgIpc) is 2.66. The van der Waals surface area contributed by atoms with Crippen molar-refractivity contribution >= 4 is 16.1 Å². The highest BCUT2D eigenvalue weighted by Gasteiger charge is 2.27. The van der Waals surface area contributed by atoms with Crippen molar-refractivity contribution in [3.63, 3.8) is 0 Å². The number of cyclic esters (lactones) is 1. The first-order chi connectivity index (χ1) is 13.4. The van der Waals surface area contributed by atoms with Gasteiger partial charge in [0.05, 0.1) is 13.2 Å². The van der Waals surface area contributed by atoms with E-state index in [1.165, 1.54) is 12.1 Å². The molecule has 0 saturated carbocycles. The van der Waals surface area contributed by atoms with Crippen LogP contribution in [0.25, 0.3) is 0 Å². The molecule has 3 rings (SSSR count). The second kappa shape index (κ2) is 8.48. The summed E-state index contributed by atoms with van der Waals surface area (Å²) in [5.41, 5.74) is 2.01. The molecule has 2 aromatic carbocycles. The lowest BCUT2D eigenvalue weighted by Gasteiger charge is -2.23. The van der Waals surface area contributed by atoms with Gasteiger partial charge in [0.1, 0.15) is 22.5 Å². The summed E-state index contributed by atoms with van der Waals surface area (Å²) in [6.07, 6.45) is 2.11. The average molecular weight is 402 g/mol. The molecule has 28 heavy (non-hydrogen) atoms. The van der Waals surface area contributed by atoms with Gasteiger partial charge in [-0.2, -0.15) is 8.42 Å². The molecule has 0 N–H and O–H groups in total. The fourth-order valence-corrected chi connectivity index (χ4v) is 3.85. The molecule has 1 atom stereocenters. The third-order valence-corrected chi connectivity index (χ3v) is 5.71. The maximum atomic E-state index is 12.4. The fraction of sp³-hybridized carbons (Fsp3) is 0.286. The molecule has 0 aliphatic carbocycles. The van der Waals surface area contributed by atoms with Gasteiger partial charge in [-0.1, -0.05) is 29.8 Å². The predicted octanol–water partition coefficient (Wildman–Crippen LogP) is 3.54. The number of esters is 1. The van der Waals surface area contributed by atoms with Crippen LogP contribution >= 0.6 is 0 Å². The molecule has 7 heteroatoms. The van der Waals surface area contributed by atoms with Crippen LogP contribution in [-0.4, -0.2) is 27.6 Å². The highest BCUT2D eigenvalue weighted by molar-refractivity contribution is 7.86. The minimum absolute atomic E-state index is 0.0488. The maximum Gasteiger partial charge on any atom is 0.338 e. The van der Waals surface area contributed by atoms with E-state index in [0.29, 0.717) is 12.8 Å². The summed E-state index contributed by atoms with van der Waals surface area (Å²) in [5.74, 6) is 0.268. The van der Waals surface area contributed by atoms with E-state index in [4.69, 9.17) is 13.7 Å². The van der Waals surface area contributed by atoms with Gasteiger partial charge in [0.25, 0.3) is 0 Å². The molecule has 2 aromatic rings. The molecule has 0 bridgehead atoms. The highest BCUT2D eigenvalue weighted by Crippen LogP contribution is 2.25. The van der Waals surface area contributed by atoms with Crippen LogP contribution in [0.1, 0.15) is 24.0 Å². The lowest BCUT2D eigenvalue weighted by atomic mass is 10.0. The second-order valence-electron chi connectivity index (χ2n) is 6.61. The number of rotatable bonds is 7. The Morgan fingerprint density at radius 2 is 1.75 bits per heavy atom. The summed E-state index contributed by atoms with van der Waals surface area (Å²) >= 11 is 0. The van der Waals surface area contributed by atoms with Crippen molar-refractivity contribution < 1.29 is 26.9 Å². The zero-order valence-corrected chi connectivity index (χ0v) is 16.6. The number of carbonyl (C=O) groups excluding carboxylic acids is 1. The summed E-state index contributed by atoms with van der Waals surface area (Å²) in [7, 11) is -2.38. The Balaban J connectivity index is 1.63. The number of carbonyl (C=O) groups is 1. The smallest absolute Gasteiger partial charge is 0.338 e. The molecule has 0 unspecified atom stereocenters. The SMILES string of the molecule is COc1ccc(CC[C@H]2CC(OS(=O)(=O)c3ccc(C)cc3)=CC(=O)O2)cc1. The van der Waals surface area contributed by atoms with E-state index in [1.807, 2.05) is 31.2 Å². The van der Waals surface area contributed by atoms with Gasteiger partial charge in [-0.25, -0.2) is 4.79 Å². The minimum Gasteiger partial charge on any atom is -0.497 e. The van der Waals surface area contributed by atoms with Gasteiger partial charge >= 0.3 is 16.1 Å². The molecule has 1 heterocycles. The van der Waals surface area contributed by atoms with E-state index < -0.39 is 22.2 Å². The Labute approximate surface area is 164 Å². The van der Waals surface area contributed by atoms with Gasteiger partial charge in [-0.3, -0.25) is 0 Å². The molecule has 1 aliphatic heterocycles. The molecule has 0 aromatic heterocycles. The third-order valence-electron chi connectivity index (χ3n) is 4.43. The normalized spacial score (nSPS) is 16.9. The van der Waals surface area contributed by atoms with E-state index in [-0.39, 0.29) is 17.1 Å². The van der Waals surface area contributed by atoms with Gasteiger partial charge in [0, 0.05) is 6.42 Å². The molecule has 6 nitrogen and oxygen atoms in total. The molecule has 0 spiro atoms. The Bertz CT molecular complexity index is 959. The standard InChI is InChI=1S/C21H22O6S/c1-15-3-11-20(12-4-15)28(23,24)27-19-13-18(26-21(22)14-19)10-7-16-5-8-17(25-2)9-6-16/h3-6,8-9,11-12,14,18H,7,10,13H2,1-2H3/t18-/m0/s1. The zero-order valence-electron chi connectivity index (χ0n) is 15.8. The molecule has 0 radical (unpaired) electrons. The van der Waals surface area contributed by atoms with Crippen molar-refractivity contribution in [1.82, 2.24) is 0 Å². The first-order valence-electron chi connectivity index (χ1n) is 8.91. The van der Waals surface area contributed by atoms with Crippen LogP contribution in [0.3, 0.4) is 0 Å². The van der Waals surface area contributed by atoms with E-state index in [0.717, 1.165) is 23.0 Å². The van der Waals surface area contributed by atoms with E-state index in [9.17, 15) is 13.2 Å². The molecule has 148 valence electrons. The van der Waals surface area contributed by atoms with Crippen molar-refractivity contribution in [1.29, 1.82) is 0 Å². The van der Waals surface area contributed by atoms with E-state index in [2.05, 4.69) is 0 Å². The predicted molar refractivity (Wildman–Crippen MR) is 103 cm³/mol. The maximum absolute atomic E-state index is 12.4. The number of benzene rings is 2. The van der Waals surface area contributed by atoms with Gasteiger partial charge < -0.3 is 13.7 Å². The van der Waals surface area contributed by atoms with Gasteiger partial charge in [-0.05, 0) is 49.6 Å². The van der Waals surface area contributed by atoms with Crippen LogP contribution in [0.4, 0.5) is 0 Å². The number of hydrogen-bond acceptors (Lipinski definition) is 6. The first kappa shape index (κ1) is 19.9. The summed E-state index contributed by atoms with van der Waals surface area (Å²) in [4.78, 5) is 11.9. The van der Waals surface area contributed by atoms with Crippen LogP contribution in [0.2, 0.25) is 0 Å². The molecular weight excluding hydrogens is 380 g/mol. The largest absolute Gasteiger partial charge is 0.497 e. The van der Waals surface area contributed by atoms with Crippen molar-refractivity contribution in [3.05, 3.63) is 71.5 Å². The summed E-state index contributed by atoms with van der Waals surface area (Å²) in [6.45, 7) is 1.87. The summed E-state index contributed by atoms with van der Waals surface area (Å²) < 4.78 is 40.5. The fourth-order valence-electron chi connectivity index (χ4n) is 2.89. The van der Waals surface area contributed by atoms with Crippen molar-refractivity contribution in [3.8, 4) is 5.75 Å². The highest BCUT2D eigenvalue weighted by atomic mass is 32.2. The lowest BCUT2D eigenvalue weighted by molar-refractivity contribution is -0.145. The molecular formula is C21H22O6S. The van der Waals surface area contributed by atoms with Crippen LogP contribution in [0.15, 0.2) is 65.3 Å². The lowest BCUT2D eigenvalue weighted by Crippen LogP contribution is -2.25. The van der Waals surface area contributed by atoms with Crippen LogP contribution in [-0.2, 0) is 30.3 Å². The number of hydrogen-bond donors (Lipinski definition) is 0. The zero-order chi connectivity index (χ0) is 20.1. The van der Waals surface area contributed by atoms with E-state index >= 15 is 0 Å². The summed E-state index contributed by atoms with van der Waals surface area (Å²) in [5, 5.41) is 0. The van der Waals surface area contributed by atoms with Crippen molar-refractivity contribution in [2.45, 2.75) is 37.2 Å². The van der Waals surface area contributed by atoms with Gasteiger partial charge in [0.15, 0.2) is 0 Å². The Morgan fingerprint density at radius 1 is 1.07 bits per heavy atom. The van der Waals surface area contributed by atoms with Gasteiger partial charge in [0.2, 0.25) is 0 Å². The first-order valence-corrected chi connectivity index (χ1v) is 10.3. The monoisotopic (exact) mass is 402 g/mol. The Hall–Kier alpha value is -2.80. The Kier molecular flexibility index (Phi) is 6.04. The van der Waals surface area contributed by atoms with Crippen LogP contribution in [0.5, 0.6) is 5.75 Å². The molecule has 0 fully saturated rings. The number of methoxy groups -OCH3 is 1. The minimum atomic E-state index is -3.99. The summed E-state index contributed by atoms with van der Waals surface area (Å²) in [6, 6.07) is 14.0. The number of ether oxygens (including phenoxy) is 2. The third kappa shape index (κ3) is 5.13. The Morgan fingerprint density at radius 3 is 2.39 bits per heavy atom. The van der Waals surface area contributed by atoms with Crippen LogP contribution in [0, 0.1) is 6.92 Å². The molecule has 0 saturated heterocycles. The topological polar surface area (TPSA) is 78.9 Å². The van der Waals surface area contributed by atoms with Crippen LogP contribution < -0.4 is 4.74 Å². The van der Waals surface area contributed by atoms with Crippen molar-refractivity contribution in [2.24, 2.45) is 0 Å². The van der Waals surface area contributed by atoms with Gasteiger partial charge in [-0.15, -0.1) is 0 Å². The van der Waals surface area contributed by atoms with Crippen molar-refractivity contribution in [2.75, 3.05) is 7.11 Å². The van der Waals surface area contributed by atoms with E-state index in [1.54, 1.807) is 19.2 Å². The molecule has 1 aliphatic rings. The quantitative estimate of drug-likeness (QED) is 0.521. The molecule has 0 amide bonds. The second-order valence-corrected chi connectivity index (χ2v) is 8.16. The number of aryl methyl sites for hydroxylation is 2.